The van der Waals surface area contributed by atoms with Crippen LogP contribution in [0.4, 0.5) is 4.39 Å². The summed E-state index contributed by atoms with van der Waals surface area (Å²) in [5, 5.41) is 0. The van der Waals surface area contributed by atoms with E-state index in [0.717, 1.165) is 18.4 Å². The van der Waals surface area contributed by atoms with Gasteiger partial charge in [0.1, 0.15) is 18.1 Å². The van der Waals surface area contributed by atoms with Gasteiger partial charge in [-0.1, -0.05) is 6.07 Å². The van der Waals surface area contributed by atoms with Crippen molar-refractivity contribution in [2.24, 2.45) is 0 Å². The van der Waals surface area contributed by atoms with Crippen LogP contribution in [0.25, 0.3) is 0 Å². The standard InChI is InChI=1S/C27H27FN2O6/c28-21-8-6-20(7-9-21)27(32)30(16-23-4-2-12-34-23)17-26(31)29(15-22-3-1-11-33-22)14-19-5-10-24-25(13-19)36-18-35-24/h1,3,5-11,13,23H,2,4,12,14-18H2. The maximum atomic E-state index is 13.6. The van der Waals surface area contributed by atoms with Gasteiger partial charge in [0.2, 0.25) is 12.7 Å². The number of carbonyl (C=O) groups is 2. The van der Waals surface area contributed by atoms with Crippen LogP contribution >= 0.6 is 0 Å². The summed E-state index contributed by atoms with van der Waals surface area (Å²) in [6.45, 7) is 1.44. The maximum absolute atomic E-state index is 13.6. The fourth-order valence-electron chi connectivity index (χ4n) is 4.37. The number of amides is 2. The van der Waals surface area contributed by atoms with E-state index in [4.69, 9.17) is 18.6 Å². The highest BCUT2D eigenvalue weighted by Gasteiger charge is 2.28. The lowest BCUT2D eigenvalue weighted by Gasteiger charge is -2.29. The Morgan fingerprint density at radius 3 is 2.56 bits per heavy atom. The number of hydrogen-bond donors (Lipinski definition) is 0. The van der Waals surface area contributed by atoms with Gasteiger partial charge in [0, 0.05) is 25.3 Å². The highest BCUT2D eigenvalue weighted by molar-refractivity contribution is 5.96. The van der Waals surface area contributed by atoms with Gasteiger partial charge in [-0.25, -0.2) is 4.39 Å². The molecule has 1 unspecified atom stereocenters. The Bertz CT molecular complexity index is 1190. The van der Waals surface area contributed by atoms with Gasteiger partial charge in [-0.15, -0.1) is 0 Å². The van der Waals surface area contributed by atoms with E-state index in [2.05, 4.69) is 0 Å². The zero-order chi connectivity index (χ0) is 24.9. The predicted molar refractivity (Wildman–Crippen MR) is 127 cm³/mol. The predicted octanol–water partition coefficient (Wildman–Crippen LogP) is 4.00. The first-order valence-corrected chi connectivity index (χ1v) is 11.9. The van der Waals surface area contributed by atoms with Gasteiger partial charge in [0.25, 0.3) is 5.91 Å². The molecule has 3 heterocycles. The van der Waals surface area contributed by atoms with Crippen LogP contribution in [0.5, 0.6) is 11.5 Å². The fourth-order valence-corrected chi connectivity index (χ4v) is 4.37. The molecule has 1 saturated heterocycles. The monoisotopic (exact) mass is 494 g/mol. The van der Waals surface area contributed by atoms with Crippen LogP contribution in [0.15, 0.2) is 65.3 Å². The van der Waals surface area contributed by atoms with Crippen molar-refractivity contribution >= 4 is 11.8 Å². The molecule has 2 amide bonds. The second-order valence-electron chi connectivity index (χ2n) is 8.84. The number of furan rings is 1. The van der Waals surface area contributed by atoms with Crippen LogP contribution in [0.3, 0.4) is 0 Å². The number of halogens is 1. The molecule has 0 N–H and O–H groups in total. The molecule has 0 radical (unpaired) electrons. The van der Waals surface area contributed by atoms with Gasteiger partial charge in [-0.05, 0) is 66.9 Å². The van der Waals surface area contributed by atoms with Crippen LogP contribution in [-0.4, -0.2) is 54.2 Å². The summed E-state index contributed by atoms with van der Waals surface area (Å²) in [6, 6.07) is 14.4. The number of carbonyl (C=O) groups excluding carboxylic acids is 2. The fraction of sp³-hybridized carbons (Fsp3) is 0.333. The Morgan fingerprint density at radius 2 is 1.81 bits per heavy atom. The van der Waals surface area contributed by atoms with E-state index in [1.54, 1.807) is 23.3 Å². The Balaban J connectivity index is 1.36. The first-order valence-electron chi connectivity index (χ1n) is 11.9. The van der Waals surface area contributed by atoms with Gasteiger partial charge in [0.15, 0.2) is 11.5 Å². The van der Waals surface area contributed by atoms with Crippen LogP contribution in [-0.2, 0) is 22.6 Å². The van der Waals surface area contributed by atoms with E-state index in [1.807, 2.05) is 18.2 Å². The smallest absolute Gasteiger partial charge is 0.254 e. The molecule has 1 fully saturated rings. The van der Waals surface area contributed by atoms with Gasteiger partial charge < -0.3 is 28.4 Å². The Hall–Kier alpha value is -3.85. The number of hydrogen-bond acceptors (Lipinski definition) is 6. The summed E-state index contributed by atoms with van der Waals surface area (Å²) in [5.74, 6) is 0.887. The van der Waals surface area contributed by atoms with Crippen molar-refractivity contribution in [1.29, 1.82) is 0 Å². The summed E-state index contributed by atoms with van der Waals surface area (Å²) >= 11 is 0. The minimum Gasteiger partial charge on any atom is -0.467 e. The van der Waals surface area contributed by atoms with Crippen LogP contribution in [0, 0.1) is 5.82 Å². The Labute approximate surface area is 208 Å². The second-order valence-corrected chi connectivity index (χ2v) is 8.84. The van der Waals surface area contributed by atoms with E-state index in [9.17, 15) is 14.0 Å². The minimum atomic E-state index is -0.429. The molecule has 2 aromatic carbocycles. The summed E-state index contributed by atoms with van der Waals surface area (Å²) in [4.78, 5) is 30.1. The number of rotatable bonds is 9. The quantitative estimate of drug-likeness (QED) is 0.447. The largest absolute Gasteiger partial charge is 0.467 e. The van der Waals surface area contributed by atoms with Crippen molar-refractivity contribution in [3.8, 4) is 11.5 Å². The first kappa shape index (κ1) is 23.9. The second kappa shape index (κ2) is 10.8. The van der Waals surface area contributed by atoms with Crippen LogP contribution in [0.2, 0.25) is 0 Å². The number of nitrogens with zero attached hydrogens (tertiary/aromatic N) is 2. The van der Waals surface area contributed by atoms with Crippen molar-refractivity contribution in [2.75, 3.05) is 26.5 Å². The number of ether oxygens (including phenoxy) is 3. The van der Waals surface area contributed by atoms with Crippen molar-refractivity contribution < 1.29 is 32.6 Å². The normalized spacial score (nSPS) is 16.2. The Morgan fingerprint density at radius 1 is 0.972 bits per heavy atom. The van der Waals surface area contributed by atoms with Crippen LogP contribution in [0.1, 0.15) is 34.5 Å². The average molecular weight is 495 g/mol. The molecule has 8 nitrogen and oxygen atoms in total. The molecule has 0 bridgehead atoms. The Kier molecular flexibility index (Phi) is 7.18. The van der Waals surface area contributed by atoms with E-state index < -0.39 is 5.82 Å². The van der Waals surface area contributed by atoms with Crippen molar-refractivity contribution in [3.63, 3.8) is 0 Å². The molecule has 2 aliphatic heterocycles. The van der Waals surface area contributed by atoms with Crippen molar-refractivity contribution in [3.05, 3.63) is 83.6 Å². The third kappa shape index (κ3) is 5.68. The lowest BCUT2D eigenvalue weighted by Crippen LogP contribution is -2.45. The third-order valence-electron chi connectivity index (χ3n) is 6.24. The molecule has 5 rings (SSSR count). The number of fused-ring (bicyclic) bond motifs is 1. The molecule has 188 valence electrons. The molecule has 3 aromatic rings. The molecule has 0 aliphatic carbocycles. The molecule has 2 aliphatic rings. The van der Waals surface area contributed by atoms with E-state index in [-0.39, 0.29) is 50.9 Å². The highest BCUT2D eigenvalue weighted by Crippen LogP contribution is 2.33. The molecule has 0 saturated carbocycles. The minimum absolute atomic E-state index is 0.144. The summed E-state index contributed by atoms with van der Waals surface area (Å²) in [7, 11) is 0. The van der Waals surface area contributed by atoms with E-state index >= 15 is 0 Å². The molecular weight excluding hydrogens is 467 g/mol. The van der Waals surface area contributed by atoms with Gasteiger partial charge >= 0.3 is 0 Å². The summed E-state index contributed by atoms with van der Waals surface area (Å²) in [6.07, 6.45) is 3.13. The lowest BCUT2D eigenvalue weighted by molar-refractivity contribution is -0.133. The molecule has 1 atom stereocenters. The van der Waals surface area contributed by atoms with Gasteiger partial charge in [0.05, 0.1) is 18.9 Å². The molecule has 36 heavy (non-hydrogen) atoms. The van der Waals surface area contributed by atoms with Crippen LogP contribution < -0.4 is 9.47 Å². The number of benzene rings is 2. The molecular formula is C27H27FN2O6. The average Bonchev–Trinajstić information content (AvgIpc) is 3.66. The molecule has 1 aromatic heterocycles. The van der Waals surface area contributed by atoms with Gasteiger partial charge in [-0.2, -0.15) is 0 Å². The zero-order valence-corrected chi connectivity index (χ0v) is 19.7. The van der Waals surface area contributed by atoms with E-state index in [1.165, 1.54) is 29.2 Å². The van der Waals surface area contributed by atoms with E-state index in [0.29, 0.717) is 29.4 Å². The SMILES string of the molecule is O=C(CN(CC1CCCO1)C(=O)c1ccc(F)cc1)N(Cc1ccc2c(c1)OCO2)Cc1ccco1. The maximum Gasteiger partial charge on any atom is 0.254 e. The summed E-state index contributed by atoms with van der Waals surface area (Å²) in [5.41, 5.74) is 1.17. The zero-order valence-electron chi connectivity index (χ0n) is 19.7. The lowest BCUT2D eigenvalue weighted by atomic mass is 10.1. The van der Waals surface area contributed by atoms with Gasteiger partial charge in [-0.3, -0.25) is 9.59 Å². The highest BCUT2D eigenvalue weighted by atomic mass is 19.1. The molecule has 9 heteroatoms. The topological polar surface area (TPSA) is 81.5 Å². The first-order chi connectivity index (χ1) is 17.5. The molecule has 0 spiro atoms. The third-order valence-corrected chi connectivity index (χ3v) is 6.24. The van der Waals surface area contributed by atoms with Crippen molar-refractivity contribution in [1.82, 2.24) is 9.80 Å². The van der Waals surface area contributed by atoms with Crippen molar-refractivity contribution in [2.45, 2.75) is 32.0 Å². The summed E-state index contributed by atoms with van der Waals surface area (Å²) < 4.78 is 35.5.